The second-order valence-corrected chi connectivity index (χ2v) is 9.54. The van der Waals surface area contributed by atoms with Crippen molar-refractivity contribution >= 4 is 40.6 Å². The first kappa shape index (κ1) is 25.6. The van der Waals surface area contributed by atoms with Gasteiger partial charge in [0.15, 0.2) is 0 Å². The number of carbonyl (C=O) groups excluding carboxylic acids is 2. The Labute approximate surface area is 214 Å². The van der Waals surface area contributed by atoms with Gasteiger partial charge in [-0.15, -0.1) is 0 Å². The van der Waals surface area contributed by atoms with E-state index in [4.69, 9.17) is 13.8 Å². The summed E-state index contributed by atoms with van der Waals surface area (Å²) in [6.07, 6.45) is 1.42. The van der Waals surface area contributed by atoms with Gasteiger partial charge in [0.2, 0.25) is 0 Å². The van der Waals surface area contributed by atoms with E-state index in [2.05, 4.69) is 10.5 Å². The molecule has 0 atom stereocenters. The molecule has 190 valence electrons. The summed E-state index contributed by atoms with van der Waals surface area (Å²) in [5.74, 6) is 0.643. The summed E-state index contributed by atoms with van der Waals surface area (Å²) in [5, 5.41) is 1.03. The highest BCUT2D eigenvalue weighted by atomic mass is 32.2. The van der Waals surface area contributed by atoms with Crippen LogP contribution in [0.3, 0.4) is 0 Å². The lowest BCUT2D eigenvalue weighted by Gasteiger charge is -2.34. The molecule has 3 aromatic rings. The van der Waals surface area contributed by atoms with Crippen molar-refractivity contribution in [2.75, 3.05) is 45.4 Å². The Balaban J connectivity index is 1.33. The van der Waals surface area contributed by atoms with Crippen LogP contribution in [-0.4, -0.2) is 66.7 Å². The van der Waals surface area contributed by atoms with Crippen molar-refractivity contribution < 1.29 is 23.3 Å². The zero-order chi connectivity index (χ0) is 25.5. The number of ether oxygens (including phenoxy) is 2. The minimum Gasteiger partial charge on any atom is -0.494 e. The van der Waals surface area contributed by atoms with Gasteiger partial charge in [-0.3, -0.25) is 9.78 Å². The van der Waals surface area contributed by atoms with Crippen LogP contribution in [0.5, 0.6) is 5.75 Å². The van der Waals surface area contributed by atoms with Gasteiger partial charge in [-0.05, 0) is 36.2 Å². The summed E-state index contributed by atoms with van der Waals surface area (Å²) in [5.41, 5.74) is 4.83. The number of hydrogen-bond acceptors (Lipinski definition) is 8. The fraction of sp³-hybridized carbons (Fsp3) is 0.346. The molecule has 0 unspecified atom stereocenters. The molecular weight excluding hydrogens is 480 g/mol. The van der Waals surface area contributed by atoms with Crippen molar-refractivity contribution in [3.63, 3.8) is 0 Å². The Kier molecular flexibility index (Phi) is 8.50. The van der Waals surface area contributed by atoms with E-state index in [0.717, 1.165) is 27.8 Å². The molecule has 0 spiro atoms. The number of para-hydroxylation sites is 1. The minimum absolute atomic E-state index is 0.118. The molecule has 10 heteroatoms. The number of anilines is 1. The lowest BCUT2D eigenvalue weighted by Crippen LogP contribution is -2.50. The Bertz CT molecular complexity index is 1210. The molecule has 1 aromatic heterocycles. The average Bonchev–Trinajstić information content (AvgIpc) is 2.91. The minimum atomic E-state index is -0.329. The summed E-state index contributed by atoms with van der Waals surface area (Å²) >= 11 is 1.16. The van der Waals surface area contributed by atoms with Gasteiger partial charge < -0.3 is 19.3 Å². The molecule has 36 heavy (non-hydrogen) atoms. The number of carbonyl (C=O) groups is 2. The topological polar surface area (TPSA) is 93.2 Å². The normalized spacial score (nSPS) is 13.7. The second kappa shape index (κ2) is 12.0. The quantitative estimate of drug-likeness (QED) is 0.340. The lowest BCUT2D eigenvalue weighted by molar-refractivity contribution is 0.0535. The summed E-state index contributed by atoms with van der Waals surface area (Å²) in [6.45, 7) is 6.13. The number of fused-ring (bicyclic) bond motifs is 1. The third-order valence-corrected chi connectivity index (χ3v) is 6.37. The van der Waals surface area contributed by atoms with Gasteiger partial charge in [-0.2, -0.15) is 4.28 Å². The van der Waals surface area contributed by atoms with Crippen LogP contribution in [0.2, 0.25) is 0 Å². The molecule has 1 fully saturated rings. The number of aromatic nitrogens is 1. The number of benzene rings is 2. The SMILES string of the molecule is COc1cc(C(=O)N2CCN(C(=O)OCC(C)C)CC2)ccc1NOSc1cccc2cccnc12. The van der Waals surface area contributed by atoms with Gasteiger partial charge in [0, 0.05) is 43.3 Å². The Morgan fingerprint density at radius 1 is 1.06 bits per heavy atom. The molecule has 9 nitrogen and oxygen atoms in total. The van der Waals surface area contributed by atoms with E-state index in [9.17, 15) is 9.59 Å². The molecule has 1 aliphatic rings. The number of rotatable bonds is 8. The number of methoxy groups -OCH3 is 1. The van der Waals surface area contributed by atoms with Crippen molar-refractivity contribution in [1.29, 1.82) is 0 Å². The van der Waals surface area contributed by atoms with Gasteiger partial charge in [0.25, 0.3) is 5.91 Å². The third kappa shape index (κ3) is 6.19. The van der Waals surface area contributed by atoms with Gasteiger partial charge in [-0.25, -0.2) is 10.3 Å². The zero-order valence-electron chi connectivity index (χ0n) is 20.6. The molecule has 2 aromatic carbocycles. The molecule has 1 N–H and O–H groups in total. The van der Waals surface area contributed by atoms with Crippen LogP contribution in [0.1, 0.15) is 24.2 Å². The van der Waals surface area contributed by atoms with Crippen LogP contribution < -0.4 is 10.2 Å². The average molecular weight is 511 g/mol. The molecule has 0 saturated carbocycles. The highest BCUT2D eigenvalue weighted by Crippen LogP contribution is 2.30. The van der Waals surface area contributed by atoms with E-state index in [1.54, 1.807) is 34.2 Å². The molecule has 0 radical (unpaired) electrons. The largest absolute Gasteiger partial charge is 0.494 e. The molecular formula is C26H30N4O5S. The highest BCUT2D eigenvalue weighted by molar-refractivity contribution is 7.95. The van der Waals surface area contributed by atoms with E-state index in [0.29, 0.717) is 49.8 Å². The molecule has 2 amide bonds. The third-order valence-electron chi connectivity index (χ3n) is 5.69. The monoisotopic (exact) mass is 510 g/mol. The van der Waals surface area contributed by atoms with Crippen LogP contribution in [-0.2, 0) is 9.02 Å². The van der Waals surface area contributed by atoms with E-state index in [-0.39, 0.29) is 17.9 Å². The maximum Gasteiger partial charge on any atom is 0.409 e. The van der Waals surface area contributed by atoms with Crippen molar-refractivity contribution in [2.24, 2.45) is 5.92 Å². The first-order valence-corrected chi connectivity index (χ1v) is 12.5. The van der Waals surface area contributed by atoms with Crippen LogP contribution in [0.25, 0.3) is 10.9 Å². The number of hydrogen-bond donors (Lipinski definition) is 1. The predicted octanol–water partition coefficient (Wildman–Crippen LogP) is 4.84. The maximum absolute atomic E-state index is 13.1. The standard InChI is InChI=1S/C26H30N4O5S/c1-18(2)17-34-26(32)30-14-12-29(13-15-30)25(31)20-9-10-21(22(16-20)33-3)28-35-36-23-8-4-6-19-7-5-11-27-24(19)23/h4-11,16,18,28H,12-15,17H2,1-3H3. The Hall–Kier alpha value is -3.50. The summed E-state index contributed by atoms with van der Waals surface area (Å²) < 4.78 is 16.4. The molecule has 4 rings (SSSR count). The Morgan fingerprint density at radius 2 is 1.81 bits per heavy atom. The van der Waals surface area contributed by atoms with Crippen LogP contribution in [0, 0.1) is 5.92 Å². The maximum atomic E-state index is 13.1. The molecule has 1 saturated heterocycles. The van der Waals surface area contributed by atoms with Gasteiger partial charge in [-0.1, -0.05) is 32.0 Å². The van der Waals surface area contributed by atoms with E-state index in [1.807, 2.05) is 44.2 Å². The van der Waals surface area contributed by atoms with Gasteiger partial charge in [0.05, 0.1) is 36.2 Å². The second-order valence-electron chi connectivity index (χ2n) is 8.77. The van der Waals surface area contributed by atoms with Gasteiger partial charge in [0.1, 0.15) is 11.4 Å². The molecule has 1 aliphatic heterocycles. The number of pyridine rings is 1. The smallest absolute Gasteiger partial charge is 0.409 e. The molecule has 0 aliphatic carbocycles. The highest BCUT2D eigenvalue weighted by Gasteiger charge is 2.26. The van der Waals surface area contributed by atoms with Crippen LogP contribution in [0.4, 0.5) is 10.5 Å². The Morgan fingerprint density at radius 3 is 2.56 bits per heavy atom. The number of piperazine rings is 1. The number of nitrogens with one attached hydrogen (secondary N) is 1. The number of nitrogens with zero attached hydrogens (tertiary/aromatic N) is 3. The lowest BCUT2D eigenvalue weighted by atomic mass is 10.1. The fourth-order valence-electron chi connectivity index (χ4n) is 3.77. The van der Waals surface area contributed by atoms with Crippen molar-refractivity contribution in [1.82, 2.24) is 14.8 Å². The predicted molar refractivity (Wildman–Crippen MR) is 139 cm³/mol. The van der Waals surface area contributed by atoms with Crippen LogP contribution >= 0.6 is 12.0 Å². The van der Waals surface area contributed by atoms with Crippen molar-refractivity contribution in [3.05, 3.63) is 60.3 Å². The number of amides is 2. The van der Waals surface area contributed by atoms with Gasteiger partial charge >= 0.3 is 6.09 Å². The first-order chi connectivity index (χ1) is 17.5. The van der Waals surface area contributed by atoms with E-state index < -0.39 is 0 Å². The summed E-state index contributed by atoms with van der Waals surface area (Å²) in [4.78, 5) is 33.9. The van der Waals surface area contributed by atoms with Crippen LogP contribution in [0.15, 0.2) is 59.6 Å². The fourth-order valence-corrected chi connectivity index (χ4v) is 4.37. The van der Waals surface area contributed by atoms with Crippen molar-refractivity contribution in [3.8, 4) is 5.75 Å². The summed E-state index contributed by atoms with van der Waals surface area (Å²) in [6, 6.07) is 14.9. The van der Waals surface area contributed by atoms with Crippen molar-refractivity contribution in [2.45, 2.75) is 18.7 Å². The summed E-state index contributed by atoms with van der Waals surface area (Å²) in [7, 11) is 1.54. The van der Waals surface area contributed by atoms with E-state index in [1.165, 1.54) is 7.11 Å². The van der Waals surface area contributed by atoms with E-state index >= 15 is 0 Å². The molecule has 0 bridgehead atoms. The molecule has 2 heterocycles. The first-order valence-electron chi connectivity index (χ1n) is 11.8. The zero-order valence-corrected chi connectivity index (χ0v) is 21.4.